The van der Waals surface area contributed by atoms with E-state index in [2.05, 4.69) is 0 Å². The summed E-state index contributed by atoms with van der Waals surface area (Å²) in [6, 6.07) is 0. The zero-order chi connectivity index (χ0) is 10.3. The molecule has 0 aromatic rings. The molecule has 0 radical (unpaired) electrons. The lowest BCUT2D eigenvalue weighted by Crippen LogP contribution is -2.17. The van der Waals surface area contributed by atoms with Crippen molar-refractivity contribution in [2.45, 2.75) is 39.0 Å². The Balaban J connectivity index is 3.81. The number of carboxylic acids is 2. The van der Waals surface area contributed by atoms with Crippen molar-refractivity contribution < 1.29 is 19.8 Å². The maximum absolute atomic E-state index is 10.6. The minimum Gasteiger partial charge on any atom is -0.481 e. The van der Waals surface area contributed by atoms with Crippen molar-refractivity contribution in [3.05, 3.63) is 0 Å². The van der Waals surface area contributed by atoms with Crippen LogP contribution in [-0.4, -0.2) is 22.2 Å². The molecule has 4 nitrogen and oxygen atoms in total. The molecule has 0 saturated carbocycles. The molecule has 0 aliphatic rings. The van der Waals surface area contributed by atoms with Crippen LogP contribution in [0.4, 0.5) is 0 Å². The molecule has 0 aliphatic heterocycles. The van der Waals surface area contributed by atoms with Gasteiger partial charge in [0.2, 0.25) is 0 Å². The van der Waals surface area contributed by atoms with Crippen LogP contribution in [0.5, 0.6) is 0 Å². The van der Waals surface area contributed by atoms with Crippen molar-refractivity contribution >= 4 is 11.9 Å². The summed E-state index contributed by atoms with van der Waals surface area (Å²) in [6.07, 6.45) is 2.97. The summed E-state index contributed by atoms with van der Waals surface area (Å²) in [5, 5.41) is 17.1. The number of rotatable bonds is 7. The highest BCUT2D eigenvalue weighted by Crippen LogP contribution is 2.13. The molecule has 1 atom stereocenters. The van der Waals surface area contributed by atoms with Crippen molar-refractivity contribution in [1.82, 2.24) is 0 Å². The summed E-state index contributed by atoms with van der Waals surface area (Å²) in [5.74, 6) is -2.76. The zero-order valence-electron chi connectivity index (χ0n) is 7.82. The molecular formula is C9H16O4. The molecule has 0 saturated heterocycles. The number of hydrogen-bond acceptors (Lipinski definition) is 2. The van der Waals surface area contributed by atoms with Crippen LogP contribution in [0, 0.1) is 5.92 Å². The van der Waals surface area contributed by atoms with E-state index in [1.54, 1.807) is 0 Å². The first-order valence-electron chi connectivity index (χ1n) is 4.52. The Hall–Kier alpha value is -1.06. The predicted molar refractivity (Wildman–Crippen MR) is 47.5 cm³/mol. The molecule has 76 valence electrons. The van der Waals surface area contributed by atoms with E-state index in [-0.39, 0.29) is 6.42 Å². The molecule has 2 N–H and O–H groups in total. The second kappa shape index (κ2) is 6.46. The Bertz CT molecular complexity index is 176. The quantitative estimate of drug-likeness (QED) is 0.597. The molecule has 0 heterocycles. The molecule has 1 unspecified atom stereocenters. The van der Waals surface area contributed by atoms with Gasteiger partial charge in [0.25, 0.3) is 0 Å². The van der Waals surface area contributed by atoms with Gasteiger partial charge >= 0.3 is 11.9 Å². The van der Waals surface area contributed by atoms with Gasteiger partial charge in [0.05, 0.1) is 12.3 Å². The fourth-order valence-electron chi connectivity index (χ4n) is 1.16. The molecule has 0 rings (SSSR count). The van der Waals surface area contributed by atoms with Gasteiger partial charge < -0.3 is 10.2 Å². The van der Waals surface area contributed by atoms with E-state index >= 15 is 0 Å². The average Bonchev–Trinajstić information content (AvgIpc) is 2.02. The fourth-order valence-corrected chi connectivity index (χ4v) is 1.16. The maximum Gasteiger partial charge on any atom is 0.307 e. The van der Waals surface area contributed by atoms with Crippen LogP contribution in [0.1, 0.15) is 39.0 Å². The Kier molecular flexibility index (Phi) is 5.93. The topological polar surface area (TPSA) is 74.6 Å². The third-order valence-electron chi connectivity index (χ3n) is 1.93. The Morgan fingerprint density at radius 3 is 2.23 bits per heavy atom. The van der Waals surface area contributed by atoms with E-state index < -0.39 is 17.9 Å². The summed E-state index contributed by atoms with van der Waals surface area (Å²) in [4.78, 5) is 20.8. The fraction of sp³-hybridized carbons (Fsp3) is 0.778. The van der Waals surface area contributed by atoms with Gasteiger partial charge in [0.1, 0.15) is 0 Å². The highest BCUT2D eigenvalue weighted by atomic mass is 16.4. The minimum absolute atomic E-state index is 0.265. The monoisotopic (exact) mass is 188 g/mol. The van der Waals surface area contributed by atoms with Gasteiger partial charge in [-0.2, -0.15) is 0 Å². The SMILES string of the molecule is CCCCCC(CC(=O)O)C(=O)O. The normalized spacial score (nSPS) is 12.4. The highest BCUT2D eigenvalue weighted by molar-refractivity contribution is 5.77. The molecule has 13 heavy (non-hydrogen) atoms. The second-order valence-corrected chi connectivity index (χ2v) is 3.13. The lowest BCUT2D eigenvalue weighted by Gasteiger charge is -2.08. The van der Waals surface area contributed by atoms with Crippen LogP contribution in [-0.2, 0) is 9.59 Å². The maximum atomic E-state index is 10.6. The predicted octanol–water partition coefficient (Wildman–Crippen LogP) is 1.74. The second-order valence-electron chi connectivity index (χ2n) is 3.13. The molecule has 0 aliphatic carbocycles. The lowest BCUT2D eigenvalue weighted by molar-refractivity contribution is -0.148. The van der Waals surface area contributed by atoms with Crippen molar-refractivity contribution in [1.29, 1.82) is 0 Å². The lowest BCUT2D eigenvalue weighted by atomic mass is 9.98. The summed E-state index contributed by atoms with van der Waals surface area (Å²) in [6.45, 7) is 2.02. The third-order valence-corrected chi connectivity index (χ3v) is 1.93. The number of hydrogen-bond donors (Lipinski definition) is 2. The van der Waals surface area contributed by atoms with E-state index in [1.165, 1.54) is 0 Å². The summed E-state index contributed by atoms with van der Waals surface area (Å²) in [7, 11) is 0. The standard InChI is InChI=1S/C9H16O4/c1-2-3-4-5-7(9(12)13)6-8(10)11/h7H,2-6H2,1H3,(H,10,11)(H,12,13). The molecule has 0 aromatic carbocycles. The van der Waals surface area contributed by atoms with E-state index in [1.807, 2.05) is 6.92 Å². The first-order valence-corrected chi connectivity index (χ1v) is 4.52. The molecule has 0 amide bonds. The van der Waals surface area contributed by atoms with Crippen molar-refractivity contribution in [3.8, 4) is 0 Å². The summed E-state index contributed by atoms with van der Waals surface area (Å²) in [5.41, 5.74) is 0. The van der Waals surface area contributed by atoms with E-state index in [0.29, 0.717) is 6.42 Å². The van der Waals surface area contributed by atoms with Crippen LogP contribution in [0.2, 0.25) is 0 Å². The number of carbonyl (C=O) groups is 2. The molecule has 0 fully saturated rings. The smallest absolute Gasteiger partial charge is 0.307 e. The van der Waals surface area contributed by atoms with Gasteiger partial charge in [-0.25, -0.2) is 0 Å². The van der Waals surface area contributed by atoms with Crippen molar-refractivity contribution in [2.75, 3.05) is 0 Å². The largest absolute Gasteiger partial charge is 0.481 e. The third kappa shape index (κ3) is 6.13. The van der Waals surface area contributed by atoms with Gasteiger partial charge in [0.15, 0.2) is 0 Å². The summed E-state index contributed by atoms with van der Waals surface area (Å²) >= 11 is 0. The van der Waals surface area contributed by atoms with Crippen LogP contribution >= 0.6 is 0 Å². The molecule has 0 bridgehead atoms. The van der Waals surface area contributed by atoms with E-state index in [4.69, 9.17) is 10.2 Å². The van der Waals surface area contributed by atoms with Crippen LogP contribution in [0.3, 0.4) is 0 Å². The Labute approximate surface area is 77.6 Å². The van der Waals surface area contributed by atoms with Crippen LogP contribution < -0.4 is 0 Å². The van der Waals surface area contributed by atoms with Gasteiger partial charge in [-0.05, 0) is 6.42 Å². The molecular weight excluding hydrogens is 172 g/mol. The van der Waals surface area contributed by atoms with E-state index in [0.717, 1.165) is 19.3 Å². The first-order chi connectivity index (χ1) is 6.07. The Morgan fingerprint density at radius 1 is 1.23 bits per heavy atom. The van der Waals surface area contributed by atoms with Crippen LogP contribution in [0.15, 0.2) is 0 Å². The Morgan fingerprint density at radius 2 is 1.85 bits per heavy atom. The van der Waals surface area contributed by atoms with Crippen molar-refractivity contribution in [2.24, 2.45) is 5.92 Å². The minimum atomic E-state index is -1.04. The average molecular weight is 188 g/mol. The number of aliphatic carboxylic acids is 2. The molecule has 4 heteroatoms. The summed E-state index contributed by atoms with van der Waals surface area (Å²) < 4.78 is 0. The van der Waals surface area contributed by atoms with E-state index in [9.17, 15) is 9.59 Å². The van der Waals surface area contributed by atoms with Gasteiger partial charge in [-0.1, -0.05) is 26.2 Å². The van der Waals surface area contributed by atoms with Gasteiger partial charge in [-0.15, -0.1) is 0 Å². The number of unbranched alkanes of at least 4 members (excludes halogenated alkanes) is 2. The molecule has 0 aromatic heterocycles. The van der Waals surface area contributed by atoms with Gasteiger partial charge in [0, 0.05) is 0 Å². The highest BCUT2D eigenvalue weighted by Gasteiger charge is 2.19. The number of carboxylic acid groups (broad SMARTS) is 2. The zero-order valence-corrected chi connectivity index (χ0v) is 7.82. The van der Waals surface area contributed by atoms with Crippen LogP contribution in [0.25, 0.3) is 0 Å². The van der Waals surface area contributed by atoms with Gasteiger partial charge in [-0.3, -0.25) is 9.59 Å². The molecule has 0 spiro atoms. The van der Waals surface area contributed by atoms with Crippen molar-refractivity contribution in [3.63, 3.8) is 0 Å². The first kappa shape index (κ1) is 11.9.